The molecule has 0 radical (unpaired) electrons. The standard InChI is InChI=1S/C27H30N6O5S.3C2H4O2/c28-26(29)32-13-5-6-18(16-32)15-30-25(34)22(17-33-23-9-3-4-10-24(23)38-27(33)35)31-39(36,37)21-12-11-19-7-1-2-8-20(19)14-21;3*1-2(3)4/h1-4,7-12,14,18,22,31H,5-6,13,15-17H2,(H3,28,29)(H,30,34);3*1H3,(H,3,4). The fraction of sp³-hybridized carbons (Fsp3) is 0.333. The van der Waals surface area contributed by atoms with Gasteiger partial charge in [-0.05, 0) is 53.8 Å². The van der Waals surface area contributed by atoms with Gasteiger partial charge in [0.1, 0.15) is 6.04 Å². The minimum atomic E-state index is -4.14. The second-order valence-electron chi connectivity index (χ2n) is 11.3. The quantitative estimate of drug-likeness (QED) is 0.101. The predicted molar refractivity (Wildman–Crippen MR) is 188 cm³/mol. The molecule has 2 atom stereocenters. The number of amides is 1. The van der Waals surface area contributed by atoms with Gasteiger partial charge in [-0.3, -0.25) is 29.2 Å². The first kappa shape index (κ1) is 41.4. The Morgan fingerprint density at radius 3 is 2.12 bits per heavy atom. The molecule has 5 rings (SSSR count). The van der Waals surface area contributed by atoms with Crippen LogP contribution in [0.3, 0.4) is 0 Å². The lowest BCUT2D eigenvalue weighted by molar-refractivity contribution is -0.135. The third-order valence-electron chi connectivity index (χ3n) is 7.01. The molecular formula is C33H42N6O11S. The number of likely N-dealkylation sites (tertiary alicyclic amines) is 1. The number of benzene rings is 3. The van der Waals surface area contributed by atoms with E-state index in [1.165, 1.54) is 10.6 Å². The van der Waals surface area contributed by atoms with E-state index in [1.807, 2.05) is 24.3 Å². The predicted octanol–water partition coefficient (Wildman–Crippen LogP) is 2.09. The second kappa shape index (κ2) is 19.4. The summed E-state index contributed by atoms with van der Waals surface area (Å²) in [6, 6.07) is 17.6. The largest absolute Gasteiger partial charge is 0.481 e. The molecule has 1 amide bonds. The monoisotopic (exact) mass is 730 g/mol. The van der Waals surface area contributed by atoms with Crippen molar-refractivity contribution >= 4 is 61.7 Å². The lowest BCUT2D eigenvalue weighted by Gasteiger charge is -2.33. The van der Waals surface area contributed by atoms with E-state index in [4.69, 9.17) is 45.3 Å². The van der Waals surface area contributed by atoms with Gasteiger partial charge in [-0.15, -0.1) is 0 Å². The van der Waals surface area contributed by atoms with Crippen LogP contribution in [0.4, 0.5) is 0 Å². The molecule has 51 heavy (non-hydrogen) atoms. The summed E-state index contributed by atoms with van der Waals surface area (Å²) < 4.78 is 35.9. The Balaban J connectivity index is 0.000000654. The van der Waals surface area contributed by atoms with Crippen molar-refractivity contribution in [1.29, 1.82) is 5.41 Å². The topological polar surface area (TPSA) is 275 Å². The number of guanidine groups is 1. The molecule has 1 aromatic heterocycles. The molecule has 1 saturated heterocycles. The zero-order valence-electron chi connectivity index (χ0n) is 28.2. The number of hydrogen-bond acceptors (Lipinski definition) is 9. The molecule has 2 unspecified atom stereocenters. The van der Waals surface area contributed by atoms with Crippen molar-refractivity contribution in [3.63, 3.8) is 0 Å². The normalized spacial score (nSPS) is 14.3. The summed E-state index contributed by atoms with van der Waals surface area (Å²) in [4.78, 5) is 54.8. The van der Waals surface area contributed by atoms with Crippen molar-refractivity contribution in [2.75, 3.05) is 19.6 Å². The minimum absolute atomic E-state index is 0.00720. The first-order valence-corrected chi connectivity index (χ1v) is 16.9. The first-order chi connectivity index (χ1) is 23.9. The smallest absolute Gasteiger partial charge is 0.420 e. The highest BCUT2D eigenvalue weighted by molar-refractivity contribution is 7.89. The van der Waals surface area contributed by atoms with Gasteiger partial charge in [0.15, 0.2) is 11.5 Å². The highest BCUT2D eigenvalue weighted by Gasteiger charge is 2.29. The summed E-state index contributed by atoms with van der Waals surface area (Å²) in [5.74, 6) is -3.74. The zero-order valence-corrected chi connectivity index (χ0v) is 29.1. The van der Waals surface area contributed by atoms with E-state index in [2.05, 4.69) is 10.0 Å². The van der Waals surface area contributed by atoms with Crippen LogP contribution in [-0.4, -0.2) is 88.7 Å². The van der Waals surface area contributed by atoms with Gasteiger partial charge in [0, 0.05) is 40.4 Å². The van der Waals surface area contributed by atoms with E-state index >= 15 is 0 Å². The Kier molecular flexibility index (Phi) is 15.8. The maximum atomic E-state index is 13.4. The first-order valence-electron chi connectivity index (χ1n) is 15.5. The number of aliphatic carboxylic acids is 3. The Bertz CT molecular complexity index is 1970. The number of carboxylic acids is 3. The summed E-state index contributed by atoms with van der Waals surface area (Å²) >= 11 is 0. The molecule has 0 bridgehead atoms. The number of oxazole rings is 1. The third kappa shape index (κ3) is 13.9. The molecule has 2 heterocycles. The number of rotatable bonds is 8. The van der Waals surface area contributed by atoms with Gasteiger partial charge < -0.3 is 35.7 Å². The molecule has 1 aliphatic heterocycles. The number of nitrogens with zero attached hydrogens (tertiary/aromatic N) is 2. The number of nitrogens with two attached hydrogens (primary N) is 1. The van der Waals surface area contributed by atoms with Gasteiger partial charge in [0.05, 0.1) is 17.0 Å². The highest BCUT2D eigenvalue weighted by Crippen LogP contribution is 2.20. The fourth-order valence-corrected chi connectivity index (χ4v) is 6.17. The number of nitrogens with one attached hydrogen (secondary N) is 3. The fourth-order valence-electron chi connectivity index (χ4n) is 4.95. The van der Waals surface area contributed by atoms with Gasteiger partial charge >= 0.3 is 5.76 Å². The summed E-state index contributed by atoms with van der Waals surface area (Å²) in [5, 5.41) is 34.4. The van der Waals surface area contributed by atoms with Crippen LogP contribution >= 0.6 is 0 Å². The van der Waals surface area contributed by atoms with Gasteiger partial charge in [-0.25, -0.2) is 13.2 Å². The average Bonchev–Trinajstić information content (AvgIpc) is 3.36. The van der Waals surface area contributed by atoms with E-state index in [1.54, 1.807) is 41.3 Å². The maximum absolute atomic E-state index is 13.4. The van der Waals surface area contributed by atoms with Crippen LogP contribution in [0.1, 0.15) is 33.6 Å². The van der Waals surface area contributed by atoms with Crippen LogP contribution in [0.2, 0.25) is 0 Å². The molecule has 4 aromatic rings. The molecule has 3 aromatic carbocycles. The van der Waals surface area contributed by atoms with Gasteiger partial charge in [0.25, 0.3) is 17.9 Å². The number of para-hydroxylation sites is 2. The summed E-state index contributed by atoms with van der Waals surface area (Å²) in [7, 11) is -4.14. The molecule has 17 nitrogen and oxygen atoms in total. The number of hydrogen-bond donors (Lipinski definition) is 7. The molecule has 8 N–H and O–H groups in total. The Hall–Kier alpha value is -5.75. The molecular weight excluding hydrogens is 688 g/mol. The Morgan fingerprint density at radius 1 is 0.941 bits per heavy atom. The van der Waals surface area contributed by atoms with Crippen molar-refractivity contribution in [2.45, 2.75) is 51.1 Å². The SMILES string of the molecule is CC(=O)O.CC(=O)O.CC(=O)O.N=C(N)N1CCCC(CNC(=O)C(Cn2c(=O)oc3ccccc32)NS(=O)(=O)c2ccc3ccccc3c2)C1. The van der Waals surface area contributed by atoms with Crippen LogP contribution in [0, 0.1) is 11.3 Å². The van der Waals surface area contributed by atoms with Crippen LogP contribution in [0.25, 0.3) is 21.9 Å². The van der Waals surface area contributed by atoms with Gasteiger partial charge in [-0.1, -0.05) is 42.5 Å². The van der Waals surface area contributed by atoms with E-state index in [-0.39, 0.29) is 29.9 Å². The second-order valence-corrected chi connectivity index (χ2v) is 13.0. The van der Waals surface area contributed by atoms with Crippen molar-refractivity contribution < 1.29 is 47.3 Å². The van der Waals surface area contributed by atoms with E-state index in [0.717, 1.165) is 44.4 Å². The average molecular weight is 731 g/mol. The Morgan fingerprint density at radius 2 is 1.51 bits per heavy atom. The van der Waals surface area contributed by atoms with Crippen LogP contribution in [0.5, 0.6) is 0 Å². The highest BCUT2D eigenvalue weighted by atomic mass is 32.2. The lowest BCUT2D eigenvalue weighted by atomic mass is 9.98. The summed E-state index contributed by atoms with van der Waals surface area (Å²) in [5.41, 5.74) is 6.42. The summed E-state index contributed by atoms with van der Waals surface area (Å²) in [6.45, 7) is 4.47. The van der Waals surface area contributed by atoms with E-state index in [9.17, 15) is 18.0 Å². The van der Waals surface area contributed by atoms with E-state index < -0.39 is 45.6 Å². The van der Waals surface area contributed by atoms with Crippen molar-refractivity contribution in [2.24, 2.45) is 11.7 Å². The number of carboxylic acid groups (broad SMARTS) is 3. The molecule has 0 aliphatic carbocycles. The molecule has 18 heteroatoms. The molecule has 0 saturated carbocycles. The van der Waals surface area contributed by atoms with Crippen LogP contribution in [-0.2, 0) is 35.7 Å². The van der Waals surface area contributed by atoms with Gasteiger partial charge in [-0.2, -0.15) is 4.72 Å². The van der Waals surface area contributed by atoms with Crippen molar-refractivity contribution in [3.05, 3.63) is 77.3 Å². The number of sulfonamides is 1. The van der Waals surface area contributed by atoms with Crippen molar-refractivity contribution in [1.82, 2.24) is 19.5 Å². The molecule has 1 aliphatic rings. The zero-order chi connectivity index (χ0) is 38.3. The maximum Gasteiger partial charge on any atom is 0.420 e. The minimum Gasteiger partial charge on any atom is -0.481 e. The number of fused-ring (bicyclic) bond motifs is 2. The van der Waals surface area contributed by atoms with E-state index in [0.29, 0.717) is 24.2 Å². The molecule has 276 valence electrons. The number of aromatic nitrogens is 1. The summed E-state index contributed by atoms with van der Waals surface area (Å²) in [6.07, 6.45) is 1.66. The number of carbonyl (C=O) groups is 4. The van der Waals surface area contributed by atoms with Gasteiger partial charge in [0.2, 0.25) is 15.9 Å². The number of piperidine rings is 1. The molecule has 1 fully saturated rings. The van der Waals surface area contributed by atoms with Crippen molar-refractivity contribution in [3.8, 4) is 0 Å². The molecule has 0 spiro atoms. The third-order valence-corrected chi connectivity index (χ3v) is 8.48. The van der Waals surface area contributed by atoms with Crippen LogP contribution in [0.15, 0.2) is 80.8 Å². The number of carbonyl (C=O) groups excluding carboxylic acids is 1. The van der Waals surface area contributed by atoms with Crippen LogP contribution < -0.4 is 21.5 Å². The Labute approximate surface area is 293 Å². The lowest BCUT2D eigenvalue weighted by Crippen LogP contribution is -2.52.